The zero-order chi connectivity index (χ0) is 20.8. The van der Waals surface area contributed by atoms with E-state index in [0.29, 0.717) is 35.3 Å². The molecule has 4 rings (SSSR count). The van der Waals surface area contributed by atoms with Gasteiger partial charge in [0.25, 0.3) is 0 Å². The van der Waals surface area contributed by atoms with Crippen LogP contribution in [0, 0.1) is 11.8 Å². The van der Waals surface area contributed by atoms with E-state index in [4.69, 9.17) is 26.8 Å². The van der Waals surface area contributed by atoms with Crippen molar-refractivity contribution >= 4 is 28.9 Å². The molecular formula is C22H30ClN5O2. The first-order valence-corrected chi connectivity index (χ1v) is 11.1. The van der Waals surface area contributed by atoms with Crippen molar-refractivity contribution in [2.24, 2.45) is 17.6 Å². The van der Waals surface area contributed by atoms with Gasteiger partial charge in [0.1, 0.15) is 5.02 Å². The highest BCUT2D eigenvalue weighted by Gasteiger charge is 2.21. The number of hydrogen-bond acceptors (Lipinski definition) is 7. The molecule has 1 aliphatic carbocycles. The van der Waals surface area contributed by atoms with E-state index in [9.17, 15) is 0 Å². The van der Waals surface area contributed by atoms with Gasteiger partial charge in [-0.15, -0.1) is 0 Å². The molecule has 0 bridgehead atoms. The molecule has 2 fully saturated rings. The van der Waals surface area contributed by atoms with Crippen molar-refractivity contribution in [1.82, 2.24) is 9.97 Å². The summed E-state index contributed by atoms with van der Waals surface area (Å²) >= 11 is 6.26. The molecule has 1 aliphatic heterocycles. The number of ether oxygens (including phenoxy) is 2. The number of morpholine rings is 1. The third-order valence-electron chi connectivity index (χ3n) is 5.97. The first kappa shape index (κ1) is 21.2. The number of nitrogens with two attached hydrogens (primary N) is 1. The number of anilines is 3. The minimum absolute atomic E-state index is 0.429. The molecule has 0 amide bonds. The summed E-state index contributed by atoms with van der Waals surface area (Å²) in [5.74, 6) is 2.10. The van der Waals surface area contributed by atoms with Gasteiger partial charge in [-0.1, -0.05) is 11.6 Å². The van der Waals surface area contributed by atoms with E-state index in [2.05, 4.69) is 32.3 Å². The van der Waals surface area contributed by atoms with Gasteiger partial charge in [0.2, 0.25) is 11.8 Å². The highest BCUT2D eigenvalue weighted by atomic mass is 35.5. The highest BCUT2D eigenvalue weighted by molar-refractivity contribution is 6.31. The number of nitrogens with zero attached hydrogens (tertiary/aromatic N) is 3. The zero-order valence-corrected chi connectivity index (χ0v) is 18.0. The Morgan fingerprint density at radius 1 is 1.10 bits per heavy atom. The first-order chi connectivity index (χ1) is 14.7. The van der Waals surface area contributed by atoms with Crippen molar-refractivity contribution < 1.29 is 9.47 Å². The number of aromatic nitrogens is 2. The summed E-state index contributed by atoms with van der Waals surface area (Å²) in [6.45, 7) is 4.80. The molecule has 0 unspecified atom stereocenters. The van der Waals surface area contributed by atoms with E-state index in [1.165, 1.54) is 18.5 Å². The lowest BCUT2D eigenvalue weighted by Crippen LogP contribution is -2.36. The van der Waals surface area contributed by atoms with E-state index in [0.717, 1.165) is 51.4 Å². The van der Waals surface area contributed by atoms with Gasteiger partial charge in [-0.3, -0.25) is 0 Å². The predicted octanol–water partition coefficient (Wildman–Crippen LogP) is 3.85. The van der Waals surface area contributed by atoms with Crippen LogP contribution in [0.15, 0.2) is 30.5 Å². The van der Waals surface area contributed by atoms with Crippen LogP contribution in [-0.4, -0.2) is 49.4 Å². The van der Waals surface area contributed by atoms with Crippen molar-refractivity contribution in [3.8, 4) is 5.88 Å². The Kier molecular flexibility index (Phi) is 7.25. The number of halogens is 1. The Balaban J connectivity index is 1.33. The molecule has 0 atom stereocenters. The van der Waals surface area contributed by atoms with E-state index >= 15 is 0 Å². The standard InChI is InChI=1S/C22H30ClN5O2/c23-20-14-25-22(27-21(20)30-15-17-3-1-16(13-24)2-4-17)26-18-5-7-19(8-6-18)28-9-11-29-12-10-28/h5-8,14,16-17H,1-4,9-13,15,24H2,(H,25,26,27)/t16-,17-. The van der Waals surface area contributed by atoms with Crippen molar-refractivity contribution in [1.29, 1.82) is 0 Å². The van der Waals surface area contributed by atoms with Crippen LogP contribution in [0.1, 0.15) is 25.7 Å². The number of benzene rings is 1. The Bertz CT molecular complexity index is 806. The molecule has 1 aromatic carbocycles. The lowest BCUT2D eigenvalue weighted by atomic mass is 9.82. The topological polar surface area (TPSA) is 85.5 Å². The van der Waals surface area contributed by atoms with Crippen molar-refractivity contribution in [3.63, 3.8) is 0 Å². The molecule has 2 aliphatic rings. The molecule has 1 saturated heterocycles. The third kappa shape index (κ3) is 5.53. The molecule has 2 heterocycles. The highest BCUT2D eigenvalue weighted by Crippen LogP contribution is 2.30. The normalized spacial score (nSPS) is 22.0. The summed E-state index contributed by atoms with van der Waals surface area (Å²) in [5.41, 5.74) is 7.89. The summed E-state index contributed by atoms with van der Waals surface area (Å²) in [7, 11) is 0. The molecule has 1 saturated carbocycles. The van der Waals surface area contributed by atoms with Crippen molar-refractivity contribution in [2.45, 2.75) is 25.7 Å². The summed E-state index contributed by atoms with van der Waals surface area (Å²) in [5, 5.41) is 3.66. The Morgan fingerprint density at radius 2 is 1.80 bits per heavy atom. The number of nitrogens with one attached hydrogen (secondary N) is 1. The van der Waals surface area contributed by atoms with Crippen molar-refractivity contribution in [2.75, 3.05) is 49.7 Å². The van der Waals surface area contributed by atoms with Crippen LogP contribution in [0.4, 0.5) is 17.3 Å². The van der Waals surface area contributed by atoms with Gasteiger partial charge in [-0.25, -0.2) is 4.98 Å². The quantitative estimate of drug-likeness (QED) is 0.688. The second-order valence-corrected chi connectivity index (χ2v) is 8.46. The molecule has 3 N–H and O–H groups in total. The van der Waals surface area contributed by atoms with Crippen LogP contribution in [-0.2, 0) is 4.74 Å². The van der Waals surface area contributed by atoms with Crippen LogP contribution in [0.3, 0.4) is 0 Å². The van der Waals surface area contributed by atoms with Gasteiger partial charge in [-0.2, -0.15) is 4.98 Å². The number of rotatable bonds is 7. The maximum Gasteiger partial charge on any atom is 0.237 e. The van der Waals surface area contributed by atoms with Gasteiger partial charge in [-0.05, 0) is 68.3 Å². The molecule has 1 aromatic heterocycles. The van der Waals surface area contributed by atoms with E-state index in [-0.39, 0.29) is 0 Å². The van der Waals surface area contributed by atoms with Gasteiger partial charge in [0.05, 0.1) is 26.0 Å². The number of hydrogen-bond donors (Lipinski definition) is 2. The van der Waals surface area contributed by atoms with Gasteiger partial charge in [0, 0.05) is 24.5 Å². The van der Waals surface area contributed by atoms with Crippen LogP contribution < -0.4 is 20.7 Å². The molecule has 0 radical (unpaired) electrons. The van der Waals surface area contributed by atoms with Crippen LogP contribution in [0.5, 0.6) is 5.88 Å². The van der Waals surface area contributed by atoms with Crippen LogP contribution in [0.2, 0.25) is 5.02 Å². The van der Waals surface area contributed by atoms with Crippen LogP contribution >= 0.6 is 11.6 Å². The maximum absolute atomic E-state index is 6.26. The lowest BCUT2D eigenvalue weighted by Gasteiger charge is -2.28. The monoisotopic (exact) mass is 431 g/mol. The van der Waals surface area contributed by atoms with Crippen LogP contribution in [0.25, 0.3) is 0 Å². The molecular weight excluding hydrogens is 402 g/mol. The Hall–Kier alpha value is -2.09. The third-order valence-corrected chi connectivity index (χ3v) is 6.23. The molecule has 2 aromatic rings. The summed E-state index contributed by atoms with van der Waals surface area (Å²) in [6.07, 6.45) is 6.22. The fourth-order valence-electron chi connectivity index (χ4n) is 4.05. The Morgan fingerprint density at radius 3 is 2.50 bits per heavy atom. The minimum atomic E-state index is 0.429. The minimum Gasteiger partial charge on any atom is -0.476 e. The van der Waals surface area contributed by atoms with Gasteiger partial charge in [0.15, 0.2) is 0 Å². The largest absolute Gasteiger partial charge is 0.476 e. The van der Waals surface area contributed by atoms with Gasteiger partial charge >= 0.3 is 0 Å². The van der Waals surface area contributed by atoms with E-state index < -0.39 is 0 Å². The smallest absolute Gasteiger partial charge is 0.237 e. The molecule has 8 heteroatoms. The second kappa shape index (κ2) is 10.3. The zero-order valence-electron chi connectivity index (χ0n) is 17.2. The molecule has 7 nitrogen and oxygen atoms in total. The van der Waals surface area contributed by atoms with Gasteiger partial charge < -0.3 is 25.4 Å². The second-order valence-electron chi connectivity index (χ2n) is 8.05. The molecule has 30 heavy (non-hydrogen) atoms. The predicted molar refractivity (Wildman–Crippen MR) is 120 cm³/mol. The van der Waals surface area contributed by atoms with E-state index in [1.807, 2.05) is 12.1 Å². The molecule has 162 valence electrons. The fourth-order valence-corrected chi connectivity index (χ4v) is 4.20. The molecule has 0 spiro atoms. The summed E-state index contributed by atoms with van der Waals surface area (Å²) < 4.78 is 11.4. The summed E-state index contributed by atoms with van der Waals surface area (Å²) in [4.78, 5) is 11.1. The van der Waals surface area contributed by atoms with E-state index in [1.54, 1.807) is 6.20 Å². The van der Waals surface area contributed by atoms with Crippen molar-refractivity contribution in [3.05, 3.63) is 35.5 Å². The fraction of sp³-hybridized carbons (Fsp3) is 0.545. The lowest BCUT2D eigenvalue weighted by molar-refractivity contribution is 0.122. The average Bonchev–Trinajstić information content (AvgIpc) is 2.81. The first-order valence-electron chi connectivity index (χ1n) is 10.8. The maximum atomic E-state index is 6.26. The SMILES string of the molecule is NC[C@H]1CC[C@H](COc2nc(Nc3ccc(N4CCOCC4)cc3)ncc2Cl)CC1. The Labute approximate surface area is 182 Å². The summed E-state index contributed by atoms with van der Waals surface area (Å²) in [6, 6.07) is 8.25. The average molecular weight is 432 g/mol.